The molecular weight excluding hydrogens is 725 g/mol. The summed E-state index contributed by atoms with van der Waals surface area (Å²) in [5, 5.41) is 2.54. The lowest BCUT2D eigenvalue weighted by molar-refractivity contribution is 0.660. The molecule has 4 aliphatic carbocycles. The summed E-state index contributed by atoms with van der Waals surface area (Å²) in [5.74, 6) is 0.385. The summed E-state index contributed by atoms with van der Waals surface area (Å²) in [6, 6.07) is 64.5. The second-order valence-corrected chi connectivity index (χ2v) is 17.6. The van der Waals surface area contributed by atoms with Gasteiger partial charge in [0.1, 0.15) is 0 Å². The number of hydrogen-bond acceptors (Lipinski definition) is 1. The first-order chi connectivity index (χ1) is 29.5. The standard InChI is InChI=1S/C58H42N2/c1-57(2)46-21-10-6-17-40(46)41-32-31-39(35-51(41)57)60(38-29-27-37(28-30-38)36-15-4-3-5-16-36)53-26-14-24-49-54(53)44-19-7-11-22-47(44)58(49)48-23-12-8-20-45(48)55-50(58)34-33-43-42-18-9-13-25-52(42)59-56(43)55/h3-15,17-36,59H,16H2,1-2H3. The summed E-state index contributed by atoms with van der Waals surface area (Å²) >= 11 is 0. The smallest absolute Gasteiger partial charge is 0.0727 e. The molecule has 8 aromatic carbocycles. The van der Waals surface area contributed by atoms with Crippen molar-refractivity contribution < 1.29 is 0 Å². The quantitative estimate of drug-likeness (QED) is 0.189. The number of anilines is 3. The maximum atomic E-state index is 3.89. The van der Waals surface area contributed by atoms with Gasteiger partial charge in [0.2, 0.25) is 0 Å². The van der Waals surface area contributed by atoms with Crippen LogP contribution in [-0.4, -0.2) is 4.98 Å². The zero-order valence-electron chi connectivity index (χ0n) is 33.7. The average molecular weight is 767 g/mol. The van der Waals surface area contributed by atoms with Gasteiger partial charge in [-0.3, -0.25) is 0 Å². The molecule has 0 saturated carbocycles. The van der Waals surface area contributed by atoms with Gasteiger partial charge in [0.25, 0.3) is 0 Å². The van der Waals surface area contributed by atoms with Crippen LogP contribution in [0.25, 0.3) is 55.2 Å². The minimum atomic E-state index is -0.489. The summed E-state index contributed by atoms with van der Waals surface area (Å²) in [6.07, 6.45) is 9.97. The number of rotatable bonds is 4. The number of nitrogens with one attached hydrogen (secondary N) is 1. The Morgan fingerprint density at radius 2 is 1.15 bits per heavy atom. The van der Waals surface area contributed by atoms with E-state index in [-0.39, 0.29) is 5.41 Å². The highest BCUT2D eigenvalue weighted by atomic mass is 15.1. The van der Waals surface area contributed by atoms with Crippen LogP contribution in [0, 0.1) is 0 Å². The Balaban J connectivity index is 1.08. The molecule has 0 fully saturated rings. The van der Waals surface area contributed by atoms with Crippen LogP contribution >= 0.6 is 0 Å². The second kappa shape index (κ2) is 12.2. The van der Waals surface area contributed by atoms with Gasteiger partial charge in [-0.05, 0) is 104 Å². The van der Waals surface area contributed by atoms with E-state index >= 15 is 0 Å². The zero-order valence-corrected chi connectivity index (χ0v) is 33.7. The molecule has 1 N–H and O–H groups in total. The SMILES string of the molecule is CC1(C)c2ccccc2-c2ccc(N(c3ccc(C4C=CC=CC4)cc3)c3cccc4c3-c3ccccc3C43c4ccccc4-c4c3ccc3c4[nH]c4ccccc43)cc21. The first-order valence-electron chi connectivity index (χ1n) is 21.4. The Bertz CT molecular complexity index is 3340. The van der Waals surface area contributed by atoms with Crippen molar-refractivity contribution in [2.24, 2.45) is 0 Å². The molecule has 9 aromatic rings. The topological polar surface area (TPSA) is 19.0 Å². The van der Waals surface area contributed by atoms with Crippen LogP contribution in [0.2, 0.25) is 0 Å². The highest BCUT2D eigenvalue weighted by Crippen LogP contribution is 2.66. The van der Waals surface area contributed by atoms with Crippen LogP contribution in [0.4, 0.5) is 17.1 Å². The minimum absolute atomic E-state index is 0.126. The van der Waals surface area contributed by atoms with E-state index in [0.29, 0.717) is 5.92 Å². The number of allylic oxidation sites excluding steroid dienone is 4. The number of aromatic nitrogens is 1. The molecule has 1 aromatic heterocycles. The van der Waals surface area contributed by atoms with Crippen molar-refractivity contribution in [2.75, 3.05) is 4.90 Å². The molecule has 0 aliphatic heterocycles. The maximum Gasteiger partial charge on any atom is 0.0727 e. The van der Waals surface area contributed by atoms with Crippen LogP contribution in [-0.2, 0) is 10.8 Å². The fraction of sp³-hybridized carbons (Fsp3) is 0.103. The average Bonchev–Trinajstić information content (AvgIpc) is 3.99. The number of fused-ring (bicyclic) bond motifs is 17. The molecule has 1 spiro atoms. The van der Waals surface area contributed by atoms with Crippen molar-refractivity contribution in [1.82, 2.24) is 4.98 Å². The van der Waals surface area contributed by atoms with Gasteiger partial charge in [0.15, 0.2) is 0 Å². The molecule has 13 rings (SSSR count). The number of aromatic amines is 1. The highest BCUT2D eigenvalue weighted by molar-refractivity contribution is 6.15. The molecule has 0 amide bonds. The van der Waals surface area contributed by atoms with E-state index in [0.717, 1.165) is 12.1 Å². The zero-order chi connectivity index (χ0) is 39.7. The van der Waals surface area contributed by atoms with E-state index in [2.05, 4.69) is 218 Å². The third-order valence-electron chi connectivity index (χ3n) is 14.4. The van der Waals surface area contributed by atoms with Crippen LogP contribution in [0.5, 0.6) is 0 Å². The molecule has 1 heterocycles. The molecule has 60 heavy (non-hydrogen) atoms. The third-order valence-corrected chi connectivity index (χ3v) is 14.4. The Hall–Kier alpha value is -7.16. The molecule has 2 unspecified atom stereocenters. The van der Waals surface area contributed by atoms with E-state index < -0.39 is 5.41 Å². The van der Waals surface area contributed by atoms with Crippen LogP contribution in [0.1, 0.15) is 65.1 Å². The van der Waals surface area contributed by atoms with Crippen molar-refractivity contribution in [3.05, 3.63) is 233 Å². The van der Waals surface area contributed by atoms with Crippen LogP contribution in [0.3, 0.4) is 0 Å². The van der Waals surface area contributed by atoms with Gasteiger partial charge in [-0.2, -0.15) is 0 Å². The predicted octanol–water partition coefficient (Wildman–Crippen LogP) is 15.0. The van der Waals surface area contributed by atoms with Gasteiger partial charge >= 0.3 is 0 Å². The lowest BCUT2D eigenvalue weighted by Crippen LogP contribution is -2.26. The monoisotopic (exact) mass is 766 g/mol. The molecule has 2 heteroatoms. The third kappa shape index (κ3) is 4.33. The van der Waals surface area contributed by atoms with Crippen LogP contribution in [0.15, 0.2) is 194 Å². The molecule has 2 atom stereocenters. The minimum Gasteiger partial charge on any atom is -0.354 e. The molecule has 2 nitrogen and oxygen atoms in total. The maximum absolute atomic E-state index is 3.89. The van der Waals surface area contributed by atoms with Gasteiger partial charge < -0.3 is 9.88 Å². The summed E-state index contributed by atoms with van der Waals surface area (Å²) in [5.41, 5.74) is 22.6. The van der Waals surface area contributed by atoms with Crippen molar-refractivity contribution in [1.29, 1.82) is 0 Å². The predicted molar refractivity (Wildman–Crippen MR) is 250 cm³/mol. The van der Waals surface area contributed by atoms with E-state index in [1.165, 1.54) is 106 Å². The van der Waals surface area contributed by atoms with Gasteiger partial charge in [0, 0.05) is 50.1 Å². The number of nitrogens with zero attached hydrogens (tertiary/aromatic N) is 1. The lowest BCUT2D eigenvalue weighted by Gasteiger charge is -2.32. The molecule has 0 radical (unpaired) electrons. The number of para-hydroxylation sites is 1. The Morgan fingerprint density at radius 1 is 0.500 bits per heavy atom. The fourth-order valence-electron chi connectivity index (χ4n) is 11.7. The van der Waals surface area contributed by atoms with Gasteiger partial charge in [-0.15, -0.1) is 0 Å². The summed E-state index contributed by atoms with van der Waals surface area (Å²) in [4.78, 5) is 6.43. The number of hydrogen-bond donors (Lipinski definition) is 1. The van der Waals surface area contributed by atoms with Gasteiger partial charge in [-0.25, -0.2) is 0 Å². The second-order valence-electron chi connectivity index (χ2n) is 17.6. The molecule has 4 aliphatic rings. The summed E-state index contributed by atoms with van der Waals surface area (Å²) in [6.45, 7) is 4.76. The molecule has 0 saturated heterocycles. The Kier molecular flexibility index (Phi) is 6.86. The Morgan fingerprint density at radius 3 is 1.93 bits per heavy atom. The Labute approximate surface area is 350 Å². The molecular formula is C58H42N2. The summed E-state index contributed by atoms with van der Waals surface area (Å²) < 4.78 is 0. The molecule has 0 bridgehead atoms. The van der Waals surface area contributed by atoms with E-state index in [4.69, 9.17) is 0 Å². The van der Waals surface area contributed by atoms with Gasteiger partial charge in [-0.1, -0.05) is 172 Å². The van der Waals surface area contributed by atoms with Crippen molar-refractivity contribution >= 4 is 38.9 Å². The lowest BCUT2D eigenvalue weighted by atomic mass is 9.70. The molecule has 284 valence electrons. The van der Waals surface area contributed by atoms with Crippen molar-refractivity contribution in [2.45, 2.75) is 37.0 Å². The van der Waals surface area contributed by atoms with E-state index in [1.807, 2.05) is 0 Å². The number of benzene rings is 8. The normalized spacial score (nSPS) is 18.3. The van der Waals surface area contributed by atoms with E-state index in [1.54, 1.807) is 0 Å². The van der Waals surface area contributed by atoms with Crippen molar-refractivity contribution in [3.8, 4) is 33.4 Å². The number of H-pyrrole nitrogens is 1. The van der Waals surface area contributed by atoms with Crippen LogP contribution < -0.4 is 4.90 Å². The van der Waals surface area contributed by atoms with Crippen molar-refractivity contribution in [3.63, 3.8) is 0 Å². The fourth-order valence-corrected chi connectivity index (χ4v) is 11.7. The van der Waals surface area contributed by atoms with E-state index in [9.17, 15) is 0 Å². The first-order valence-corrected chi connectivity index (χ1v) is 21.4. The highest BCUT2D eigenvalue weighted by Gasteiger charge is 2.53. The summed E-state index contributed by atoms with van der Waals surface area (Å²) in [7, 11) is 0. The first kappa shape index (κ1) is 33.8. The van der Waals surface area contributed by atoms with Gasteiger partial charge in [0.05, 0.1) is 16.6 Å². The largest absolute Gasteiger partial charge is 0.354 e.